The minimum Gasteiger partial charge on any atom is -0.376 e. The van der Waals surface area contributed by atoms with Crippen LogP contribution in [0.2, 0.25) is 5.02 Å². The number of likely N-dealkylation sites (tertiary alicyclic amines) is 1. The topological polar surface area (TPSA) is 49.9 Å². The highest BCUT2D eigenvalue weighted by Crippen LogP contribution is 2.24. The molecule has 2 aliphatic rings. The summed E-state index contributed by atoms with van der Waals surface area (Å²) >= 11 is 5.94. The first kappa shape index (κ1) is 22.7. The predicted octanol–water partition coefficient (Wildman–Crippen LogP) is 4.54. The van der Waals surface area contributed by atoms with E-state index in [1.54, 1.807) is 40.1 Å². The third-order valence-corrected chi connectivity index (χ3v) is 6.42. The Balaban J connectivity index is 1.47. The van der Waals surface area contributed by atoms with Gasteiger partial charge in [0.1, 0.15) is 5.82 Å². The van der Waals surface area contributed by atoms with E-state index < -0.39 is 0 Å². The van der Waals surface area contributed by atoms with Crippen molar-refractivity contribution in [1.29, 1.82) is 0 Å². The Morgan fingerprint density at radius 2 is 1.94 bits per heavy atom. The van der Waals surface area contributed by atoms with Crippen molar-refractivity contribution >= 4 is 23.4 Å². The van der Waals surface area contributed by atoms with Crippen LogP contribution >= 0.6 is 11.6 Å². The highest BCUT2D eigenvalue weighted by Gasteiger charge is 2.33. The van der Waals surface area contributed by atoms with Crippen LogP contribution < -0.4 is 0 Å². The molecule has 32 heavy (non-hydrogen) atoms. The van der Waals surface area contributed by atoms with Gasteiger partial charge in [0.2, 0.25) is 5.91 Å². The summed E-state index contributed by atoms with van der Waals surface area (Å²) in [6.07, 6.45) is 3.40. The zero-order valence-corrected chi connectivity index (χ0v) is 18.8. The van der Waals surface area contributed by atoms with E-state index >= 15 is 0 Å². The molecule has 2 aromatic carbocycles. The van der Waals surface area contributed by atoms with Crippen LogP contribution in [-0.4, -0.2) is 54.0 Å². The van der Waals surface area contributed by atoms with E-state index in [-0.39, 0.29) is 29.7 Å². The fraction of sp³-hybridized carbons (Fsp3) is 0.440. The molecule has 0 N–H and O–H groups in total. The summed E-state index contributed by atoms with van der Waals surface area (Å²) in [5.74, 6) is -0.687. The molecular formula is C25H28ClFN2O3. The monoisotopic (exact) mass is 458 g/mol. The zero-order valence-electron chi connectivity index (χ0n) is 18.0. The minimum absolute atomic E-state index is 0.00151. The number of hydrogen-bond donors (Lipinski definition) is 0. The Hall–Kier alpha value is -2.44. The van der Waals surface area contributed by atoms with Gasteiger partial charge in [0.25, 0.3) is 5.91 Å². The van der Waals surface area contributed by atoms with Crippen LogP contribution in [0.1, 0.15) is 41.6 Å². The highest BCUT2D eigenvalue weighted by molar-refractivity contribution is 6.30. The molecule has 2 aromatic rings. The number of carbonyl (C=O) groups is 2. The van der Waals surface area contributed by atoms with Gasteiger partial charge in [-0.15, -0.1) is 0 Å². The maximum atomic E-state index is 13.7. The van der Waals surface area contributed by atoms with Crippen molar-refractivity contribution in [2.24, 2.45) is 5.92 Å². The van der Waals surface area contributed by atoms with E-state index in [1.807, 2.05) is 6.07 Å². The summed E-state index contributed by atoms with van der Waals surface area (Å²) in [5, 5.41) is 0.579. The summed E-state index contributed by atoms with van der Waals surface area (Å²) in [7, 11) is 0. The smallest absolute Gasteiger partial charge is 0.253 e. The molecule has 2 unspecified atom stereocenters. The molecule has 4 rings (SSSR count). The van der Waals surface area contributed by atoms with E-state index in [1.165, 1.54) is 12.1 Å². The Labute approximate surface area is 193 Å². The van der Waals surface area contributed by atoms with Gasteiger partial charge in [0.05, 0.1) is 12.0 Å². The first-order valence-corrected chi connectivity index (χ1v) is 11.6. The van der Waals surface area contributed by atoms with Crippen molar-refractivity contribution in [3.05, 3.63) is 70.5 Å². The fourth-order valence-corrected chi connectivity index (χ4v) is 4.64. The van der Waals surface area contributed by atoms with E-state index in [9.17, 15) is 14.0 Å². The zero-order chi connectivity index (χ0) is 22.5. The van der Waals surface area contributed by atoms with E-state index in [4.69, 9.17) is 16.3 Å². The first-order valence-electron chi connectivity index (χ1n) is 11.2. The molecule has 5 nitrogen and oxygen atoms in total. The van der Waals surface area contributed by atoms with Gasteiger partial charge in [0.15, 0.2) is 0 Å². The van der Waals surface area contributed by atoms with Crippen LogP contribution in [0.4, 0.5) is 4.39 Å². The lowest BCUT2D eigenvalue weighted by atomic mass is 9.95. The number of carbonyl (C=O) groups excluding carboxylic acids is 2. The second-order valence-electron chi connectivity index (χ2n) is 8.58. The number of piperidine rings is 1. The molecule has 0 radical (unpaired) electrons. The van der Waals surface area contributed by atoms with Crippen molar-refractivity contribution in [2.45, 2.75) is 38.3 Å². The van der Waals surface area contributed by atoms with Crippen LogP contribution in [0.15, 0.2) is 48.5 Å². The van der Waals surface area contributed by atoms with Gasteiger partial charge < -0.3 is 14.5 Å². The average Bonchev–Trinajstić information content (AvgIpc) is 3.31. The lowest BCUT2D eigenvalue weighted by Crippen LogP contribution is -2.48. The largest absolute Gasteiger partial charge is 0.376 e. The third kappa shape index (κ3) is 5.67. The average molecular weight is 459 g/mol. The molecule has 0 aromatic heterocycles. The summed E-state index contributed by atoms with van der Waals surface area (Å²) in [6, 6.07) is 13.2. The van der Waals surface area contributed by atoms with Gasteiger partial charge in [-0.1, -0.05) is 23.7 Å². The maximum Gasteiger partial charge on any atom is 0.253 e. The minimum atomic E-state index is -0.315. The molecule has 2 aliphatic heterocycles. The predicted molar refractivity (Wildman–Crippen MR) is 121 cm³/mol. The summed E-state index contributed by atoms with van der Waals surface area (Å²) in [4.78, 5) is 30.0. The number of halogens is 2. The standard InChI is InChI=1S/C25H28ClFN2O3/c26-21-10-8-19(9-11-21)24(30)28-12-2-5-20(16-28)25(31)29(17-23-7-3-13-32-23)15-18-4-1-6-22(27)14-18/h1,4,6,8-11,14,20,23H,2-3,5,7,12-13,15-17H2. The number of nitrogens with zero attached hydrogens (tertiary/aromatic N) is 2. The molecule has 0 saturated carbocycles. The van der Waals surface area contributed by atoms with E-state index in [0.29, 0.717) is 43.4 Å². The van der Waals surface area contributed by atoms with Crippen LogP contribution in [0.3, 0.4) is 0 Å². The first-order chi connectivity index (χ1) is 15.5. The number of amides is 2. The van der Waals surface area contributed by atoms with Gasteiger partial charge in [-0.2, -0.15) is 0 Å². The van der Waals surface area contributed by atoms with Gasteiger partial charge in [-0.05, 0) is 67.6 Å². The van der Waals surface area contributed by atoms with Gasteiger partial charge in [-0.25, -0.2) is 4.39 Å². The van der Waals surface area contributed by atoms with Crippen molar-refractivity contribution < 1.29 is 18.7 Å². The summed E-state index contributed by atoms with van der Waals surface area (Å²) in [5.41, 5.74) is 1.32. The van der Waals surface area contributed by atoms with Crippen LogP contribution in [0.5, 0.6) is 0 Å². The van der Waals surface area contributed by atoms with Crippen molar-refractivity contribution in [1.82, 2.24) is 9.80 Å². The lowest BCUT2D eigenvalue weighted by molar-refractivity contribution is -0.139. The molecular weight excluding hydrogens is 431 g/mol. The van der Waals surface area contributed by atoms with Crippen molar-refractivity contribution in [3.63, 3.8) is 0 Å². The molecule has 2 saturated heterocycles. The van der Waals surface area contributed by atoms with E-state index in [0.717, 1.165) is 31.2 Å². The Morgan fingerprint density at radius 3 is 2.66 bits per heavy atom. The number of benzene rings is 2. The third-order valence-electron chi connectivity index (χ3n) is 6.17. The van der Waals surface area contributed by atoms with Crippen LogP contribution in [-0.2, 0) is 16.1 Å². The van der Waals surface area contributed by atoms with Crippen molar-refractivity contribution in [3.8, 4) is 0 Å². The maximum absolute atomic E-state index is 13.7. The Kier molecular flexibility index (Phi) is 7.43. The number of rotatable bonds is 6. The molecule has 0 aliphatic carbocycles. The number of hydrogen-bond acceptors (Lipinski definition) is 3. The van der Waals surface area contributed by atoms with Gasteiger partial charge in [-0.3, -0.25) is 9.59 Å². The molecule has 0 bridgehead atoms. The fourth-order valence-electron chi connectivity index (χ4n) is 4.52. The molecule has 2 atom stereocenters. The molecule has 170 valence electrons. The second kappa shape index (κ2) is 10.5. The molecule has 0 spiro atoms. The van der Waals surface area contributed by atoms with Gasteiger partial charge >= 0.3 is 0 Å². The van der Waals surface area contributed by atoms with E-state index in [2.05, 4.69) is 0 Å². The second-order valence-corrected chi connectivity index (χ2v) is 9.02. The Bertz CT molecular complexity index is 946. The quantitative estimate of drug-likeness (QED) is 0.638. The van der Waals surface area contributed by atoms with Crippen molar-refractivity contribution in [2.75, 3.05) is 26.2 Å². The lowest BCUT2D eigenvalue weighted by Gasteiger charge is -2.36. The molecule has 2 amide bonds. The highest BCUT2D eigenvalue weighted by atomic mass is 35.5. The SMILES string of the molecule is O=C(c1ccc(Cl)cc1)N1CCCC(C(=O)N(Cc2cccc(F)c2)CC2CCCO2)C1. The number of ether oxygens (including phenoxy) is 1. The van der Waals surface area contributed by atoms with Gasteiger partial charge in [0, 0.05) is 43.4 Å². The molecule has 7 heteroatoms. The van der Waals surface area contributed by atoms with Crippen LogP contribution in [0.25, 0.3) is 0 Å². The molecule has 2 heterocycles. The normalized spacial score (nSPS) is 20.9. The summed E-state index contributed by atoms with van der Waals surface area (Å²) < 4.78 is 19.5. The summed E-state index contributed by atoms with van der Waals surface area (Å²) in [6.45, 7) is 2.53. The molecule has 2 fully saturated rings. The Morgan fingerprint density at radius 1 is 1.12 bits per heavy atom. The van der Waals surface area contributed by atoms with Crippen LogP contribution in [0, 0.1) is 11.7 Å².